The van der Waals surface area contributed by atoms with Crippen LogP contribution in [0.5, 0.6) is 0 Å². The Balaban J connectivity index is 1.32. The Hall–Kier alpha value is -9.59. The molecule has 338 valence electrons. The van der Waals surface area contributed by atoms with Gasteiger partial charge in [-0.05, 0) is 118 Å². The molecule has 0 aromatic heterocycles. The molecule has 9 aromatic carbocycles. The maximum atomic E-state index is 17.7. The minimum Gasteiger partial charge on any atom is -0.308 e. The lowest BCUT2D eigenvalue weighted by atomic mass is 10.0. The molecule has 0 saturated carbocycles. The molecule has 73 heavy (non-hydrogen) atoms. The van der Waals surface area contributed by atoms with Gasteiger partial charge in [0.15, 0.2) is 38.5 Å². The van der Waals surface area contributed by atoms with Gasteiger partial charge in [0, 0.05) is 47.7 Å². The maximum Gasteiger partial charge on any atom is 0.187 e. The fraction of sp³-hybridized carbons (Fsp3) is 0. The van der Waals surface area contributed by atoms with Crippen LogP contribution >= 0.6 is 21.4 Å². The summed E-state index contributed by atoms with van der Waals surface area (Å²) in [5.41, 5.74) is 7.09. The number of hydrogen-bond acceptors (Lipinski definition) is 7. The molecule has 0 radical (unpaired) electrons. The molecule has 0 N–H and O–H groups in total. The molecule has 2 atom stereocenters. The molecule has 2 unspecified atom stereocenters. The predicted molar refractivity (Wildman–Crippen MR) is 289 cm³/mol. The Kier molecular flexibility index (Phi) is 10.1. The fourth-order valence-electron chi connectivity index (χ4n) is 10.4. The van der Waals surface area contributed by atoms with Crippen LogP contribution in [0, 0.1) is 53.7 Å². The summed E-state index contributed by atoms with van der Waals surface area (Å²) < 4.78 is 53.0. The third-order valence-electron chi connectivity index (χ3n) is 14.0. The minimum absolute atomic E-state index is 0.326. The lowest BCUT2D eigenvalue weighted by molar-refractivity contribution is 0.592. The molecular formula is C60H30N7O3P3. The first kappa shape index (κ1) is 44.6. The average Bonchev–Trinajstić information content (AvgIpc) is 3.47. The first-order chi connectivity index (χ1) is 35.5. The van der Waals surface area contributed by atoms with E-state index in [9.17, 15) is 15.8 Å². The Labute approximate surface area is 420 Å². The van der Waals surface area contributed by atoms with Crippen molar-refractivity contribution in [2.45, 2.75) is 0 Å². The quantitative estimate of drug-likeness (QED) is 0.119. The molecule has 10 nitrogen and oxygen atoms in total. The van der Waals surface area contributed by atoms with E-state index in [0.29, 0.717) is 132 Å². The minimum atomic E-state index is -4.24. The predicted octanol–water partition coefficient (Wildman–Crippen LogP) is 11.3. The largest absolute Gasteiger partial charge is 0.308 e. The van der Waals surface area contributed by atoms with Gasteiger partial charge in [-0.3, -0.25) is 0 Å². The molecule has 3 aliphatic rings. The Bertz CT molecular complexity index is 3800. The SMILES string of the molecule is [C-]#[N+]c1ccc(-c2cc3c4c(c2)P(=O)(c2ccc([N+]#[C-])cc2)c2cc(-c5ccc(C#N)cc5)cc5c2N4c2c(cc(-c4ccc(C#N)cc4)cc2P3(=O)c2ccc([N+]#[C-])cc2)P5(=O)c2ccc(C#N)cc2)cc1. The molecule has 12 rings (SSSR count). The molecule has 3 heterocycles. The molecule has 9 aromatic rings. The van der Waals surface area contributed by atoms with Crippen LogP contribution in [0.15, 0.2) is 182 Å². The summed E-state index contributed by atoms with van der Waals surface area (Å²) in [6, 6.07) is 58.5. The van der Waals surface area contributed by atoms with Crippen LogP contribution in [0.1, 0.15) is 16.7 Å². The molecule has 0 aliphatic carbocycles. The van der Waals surface area contributed by atoms with Gasteiger partial charge in [-0.25, -0.2) is 14.5 Å². The molecule has 0 amide bonds. The molecule has 0 saturated heterocycles. The van der Waals surface area contributed by atoms with Gasteiger partial charge in [0.1, 0.15) is 0 Å². The van der Waals surface area contributed by atoms with Gasteiger partial charge in [0.05, 0.1) is 71.7 Å². The highest BCUT2D eigenvalue weighted by molar-refractivity contribution is 7.90. The van der Waals surface area contributed by atoms with Crippen molar-refractivity contribution in [3.05, 3.63) is 233 Å². The number of rotatable bonds is 6. The number of anilines is 3. The number of nitriles is 3. The smallest absolute Gasteiger partial charge is 0.187 e. The third kappa shape index (κ3) is 6.42. The molecule has 13 heteroatoms. The van der Waals surface area contributed by atoms with Crippen molar-refractivity contribution in [1.82, 2.24) is 0 Å². The average molecular weight is 990 g/mol. The number of hydrogen-bond donors (Lipinski definition) is 0. The van der Waals surface area contributed by atoms with E-state index in [1.807, 2.05) is 41.3 Å². The van der Waals surface area contributed by atoms with E-state index in [2.05, 4.69) is 32.7 Å². The van der Waals surface area contributed by atoms with E-state index >= 15 is 13.7 Å². The van der Waals surface area contributed by atoms with Gasteiger partial charge in [0.25, 0.3) is 0 Å². The van der Waals surface area contributed by atoms with E-state index in [-0.39, 0.29) is 0 Å². The van der Waals surface area contributed by atoms with Crippen molar-refractivity contribution in [2.75, 3.05) is 4.90 Å². The fourth-order valence-corrected chi connectivity index (χ4v) is 19.9. The molecule has 0 fully saturated rings. The van der Waals surface area contributed by atoms with E-state index in [1.54, 1.807) is 146 Å². The normalized spacial score (nSPS) is 18.1. The van der Waals surface area contributed by atoms with Crippen LogP contribution in [0.2, 0.25) is 0 Å². The second kappa shape index (κ2) is 16.5. The lowest BCUT2D eigenvalue weighted by Gasteiger charge is -2.49. The summed E-state index contributed by atoms with van der Waals surface area (Å²) in [7, 11) is -12.7. The highest BCUT2D eigenvalue weighted by atomic mass is 31.2. The second-order valence-electron chi connectivity index (χ2n) is 17.7. The van der Waals surface area contributed by atoms with E-state index in [4.69, 9.17) is 19.7 Å². The maximum absolute atomic E-state index is 17.7. The number of nitrogens with zero attached hydrogens (tertiary/aromatic N) is 7. The Morgan fingerprint density at radius 3 is 0.795 bits per heavy atom. The van der Waals surface area contributed by atoms with Gasteiger partial charge in [-0.15, -0.1) is 0 Å². The first-order valence-corrected chi connectivity index (χ1v) is 27.8. The monoisotopic (exact) mass is 989 g/mol. The van der Waals surface area contributed by atoms with Crippen molar-refractivity contribution >= 4 is 103 Å². The molecule has 3 aliphatic heterocycles. The van der Waals surface area contributed by atoms with E-state index < -0.39 is 21.4 Å². The van der Waals surface area contributed by atoms with Crippen LogP contribution in [0.4, 0.5) is 34.1 Å². The van der Waals surface area contributed by atoms with Crippen LogP contribution < -0.4 is 52.6 Å². The van der Waals surface area contributed by atoms with Crippen molar-refractivity contribution in [1.29, 1.82) is 15.8 Å². The van der Waals surface area contributed by atoms with Gasteiger partial charge >= 0.3 is 0 Å². The van der Waals surface area contributed by atoms with Crippen molar-refractivity contribution in [3.8, 4) is 51.6 Å². The topological polar surface area (TPSA) is 139 Å². The highest BCUT2D eigenvalue weighted by Crippen LogP contribution is 2.66. The second-order valence-corrected chi connectivity index (χ2v) is 25.8. The van der Waals surface area contributed by atoms with Crippen LogP contribution in [0.3, 0.4) is 0 Å². The Morgan fingerprint density at radius 1 is 0.329 bits per heavy atom. The molecule has 0 bridgehead atoms. The summed E-state index contributed by atoms with van der Waals surface area (Å²) in [5, 5.41) is 32.8. The van der Waals surface area contributed by atoms with Crippen LogP contribution in [-0.4, -0.2) is 0 Å². The summed E-state index contributed by atoms with van der Waals surface area (Å²) in [6.45, 7) is 23.4. The third-order valence-corrected chi connectivity index (χ3v) is 23.2. The first-order valence-electron chi connectivity index (χ1n) is 22.6. The van der Waals surface area contributed by atoms with Crippen LogP contribution in [-0.2, 0) is 13.7 Å². The van der Waals surface area contributed by atoms with Gasteiger partial charge < -0.3 is 18.6 Å². The summed E-state index contributed by atoms with van der Waals surface area (Å²) in [5.74, 6) is 0. The van der Waals surface area contributed by atoms with Gasteiger partial charge in [-0.2, -0.15) is 15.8 Å². The van der Waals surface area contributed by atoms with Crippen molar-refractivity contribution in [2.24, 2.45) is 0 Å². The highest BCUT2D eigenvalue weighted by Gasteiger charge is 2.56. The van der Waals surface area contributed by atoms with Gasteiger partial charge in [0.2, 0.25) is 0 Å². The van der Waals surface area contributed by atoms with Gasteiger partial charge in [-0.1, -0.05) is 97.1 Å². The van der Waals surface area contributed by atoms with E-state index in [0.717, 1.165) is 0 Å². The zero-order chi connectivity index (χ0) is 50.4. The van der Waals surface area contributed by atoms with Crippen molar-refractivity contribution in [3.63, 3.8) is 0 Å². The Morgan fingerprint density at radius 2 is 0.548 bits per heavy atom. The van der Waals surface area contributed by atoms with E-state index in [1.165, 1.54) is 0 Å². The summed E-state index contributed by atoms with van der Waals surface area (Å²) >= 11 is 0. The zero-order valence-corrected chi connectivity index (χ0v) is 40.7. The number of benzene rings is 9. The molecule has 0 spiro atoms. The summed E-state index contributed by atoms with van der Waals surface area (Å²) in [6.07, 6.45) is 0. The lowest BCUT2D eigenvalue weighted by Crippen LogP contribution is -2.53. The van der Waals surface area contributed by atoms with Crippen molar-refractivity contribution < 1.29 is 13.7 Å². The van der Waals surface area contributed by atoms with Crippen LogP contribution in [0.25, 0.3) is 47.9 Å². The standard InChI is InChI=1S/C60H30N7O3P3/c1-64-46-16-14-42(15-17-46)45-32-56-60-57(33-45)73(70,51-26-20-48(66-3)21-27-51)55-31-44(41-12-6-38(35-62)7-13-41)29-53-59(55)67(60)58-52(71(53,68)49-22-8-39(36-63)9-23-49)28-43(40-10-4-37(34-61)5-11-40)30-54(58)72(56,69)50-24-18-47(65-2)19-25-50/h4-33H. The summed E-state index contributed by atoms with van der Waals surface area (Å²) in [4.78, 5) is 12.9. The molecular weight excluding hydrogens is 960 g/mol. The zero-order valence-electron chi connectivity index (χ0n) is 38.0.